The third kappa shape index (κ3) is 2.49. The van der Waals surface area contributed by atoms with Crippen molar-refractivity contribution < 1.29 is 9.84 Å². The fourth-order valence-electron chi connectivity index (χ4n) is 3.35. The molecule has 1 fully saturated rings. The normalized spacial score (nSPS) is 19.3. The highest BCUT2D eigenvalue weighted by atomic mass is 16.5. The molecule has 1 aliphatic rings. The molecular formula is C17H22N2O2. The van der Waals surface area contributed by atoms with Crippen molar-refractivity contribution in [3.05, 3.63) is 53.9 Å². The lowest BCUT2D eigenvalue weighted by molar-refractivity contribution is -0.0203. The number of ether oxygens (including phenoxy) is 1. The van der Waals surface area contributed by atoms with E-state index < -0.39 is 6.10 Å². The van der Waals surface area contributed by atoms with Crippen LogP contribution < -0.4 is 0 Å². The molecule has 4 nitrogen and oxygen atoms in total. The highest BCUT2D eigenvalue weighted by Gasteiger charge is 2.43. The van der Waals surface area contributed by atoms with Crippen molar-refractivity contribution in [3.8, 4) is 0 Å². The maximum atomic E-state index is 11.1. The van der Waals surface area contributed by atoms with Crippen molar-refractivity contribution in [2.24, 2.45) is 0 Å². The van der Waals surface area contributed by atoms with Gasteiger partial charge in [-0.25, -0.2) is 0 Å². The van der Waals surface area contributed by atoms with Crippen LogP contribution in [0.4, 0.5) is 0 Å². The molecule has 0 aliphatic carbocycles. The summed E-state index contributed by atoms with van der Waals surface area (Å²) in [5.74, 6) is 0. The molecule has 0 spiro atoms. The number of hydrogen-bond donors (Lipinski definition) is 1. The van der Waals surface area contributed by atoms with Crippen LogP contribution in [0.25, 0.3) is 0 Å². The molecule has 1 aliphatic heterocycles. The largest absolute Gasteiger partial charge is 0.386 e. The van der Waals surface area contributed by atoms with Crippen molar-refractivity contribution in [2.75, 3.05) is 13.2 Å². The van der Waals surface area contributed by atoms with Crippen LogP contribution >= 0.6 is 0 Å². The van der Waals surface area contributed by atoms with Crippen molar-refractivity contribution in [2.45, 2.75) is 37.8 Å². The van der Waals surface area contributed by atoms with Gasteiger partial charge in [0.15, 0.2) is 0 Å². The lowest BCUT2D eigenvalue weighted by Crippen LogP contribution is -2.40. The Morgan fingerprint density at radius 3 is 2.62 bits per heavy atom. The van der Waals surface area contributed by atoms with Crippen LogP contribution in [0.15, 0.2) is 42.6 Å². The van der Waals surface area contributed by atoms with Gasteiger partial charge in [-0.1, -0.05) is 30.3 Å². The van der Waals surface area contributed by atoms with Gasteiger partial charge in [-0.05, 0) is 31.4 Å². The van der Waals surface area contributed by atoms with E-state index in [-0.39, 0.29) is 5.41 Å². The summed E-state index contributed by atoms with van der Waals surface area (Å²) in [7, 11) is 0. The number of aromatic nitrogens is 2. The van der Waals surface area contributed by atoms with Gasteiger partial charge in [0.1, 0.15) is 6.10 Å². The van der Waals surface area contributed by atoms with Crippen LogP contribution in [0.2, 0.25) is 0 Å². The molecule has 0 bridgehead atoms. The first-order chi connectivity index (χ1) is 10.3. The average Bonchev–Trinajstić information content (AvgIpc) is 3.04. The predicted molar refractivity (Wildman–Crippen MR) is 81.0 cm³/mol. The van der Waals surface area contributed by atoms with E-state index in [0.29, 0.717) is 13.2 Å². The first-order valence-corrected chi connectivity index (χ1v) is 7.61. The quantitative estimate of drug-likeness (QED) is 0.940. The fraction of sp³-hybridized carbons (Fsp3) is 0.471. The minimum Gasteiger partial charge on any atom is -0.386 e. The molecule has 1 aromatic carbocycles. The zero-order chi connectivity index (χ0) is 14.7. The fourth-order valence-corrected chi connectivity index (χ4v) is 3.35. The first kappa shape index (κ1) is 14.3. The number of benzene rings is 1. The van der Waals surface area contributed by atoms with Gasteiger partial charge in [0.2, 0.25) is 0 Å². The van der Waals surface area contributed by atoms with Crippen LogP contribution in [0.3, 0.4) is 0 Å². The number of aliphatic hydroxyl groups excluding tert-OH is 1. The monoisotopic (exact) mass is 286 g/mol. The Balaban J connectivity index is 2.03. The minimum atomic E-state index is -0.564. The third-order valence-electron chi connectivity index (χ3n) is 4.59. The second kappa shape index (κ2) is 6.00. The molecular weight excluding hydrogens is 264 g/mol. The Kier molecular flexibility index (Phi) is 4.08. The molecule has 1 N–H and O–H groups in total. The van der Waals surface area contributed by atoms with Crippen LogP contribution in [0.5, 0.6) is 0 Å². The molecule has 1 atom stereocenters. The smallest absolute Gasteiger partial charge is 0.105 e. The van der Waals surface area contributed by atoms with Crippen molar-refractivity contribution in [1.82, 2.24) is 9.78 Å². The van der Waals surface area contributed by atoms with Crippen molar-refractivity contribution >= 4 is 0 Å². The van der Waals surface area contributed by atoms with Crippen LogP contribution in [-0.2, 0) is 16.7 Å². The second-order valence-corrected chi connectivity index (χ2v) is 5.61. The van der Waals surface area contributed by atoms with Gasteiger partial charge in [-0.2, -0.15) is 5.10 Å². The van der Waals surface area contributed by atoms with Gasteiger partial charge < -0.3 is 9.84 Å². The van der Waals surface area contributed by atoms with E-state index in [4.69, 9.17) is 4.74 Å². The molecule has 0 radical (unpaired) electrons. The molecule has 1 unspecified atom stereocenters. The zero-order valence-electron chi connectivity index (χ0n) is 12.4. The van der Waals surface area contributed by atoms with Gasteiger partial charge in [-0.3, -0.25) is 4.68 Å². The zero-order valence-corrected chi connectivity index (χ0v) is 12.4. The van der Waals surface area contributed by atoms with Crippen molar-refractivity contribution in [1.29, 1.82) is 0 Å². The summed E-state index contributed by atoms with van der Waals surface area (Å²) >= 11 is 0. The molecule has 0 amide bonds. The molecule has 3 rings (SSSR count). The van der Waals surface area contributed by atoms with E-state index in [1.165, 1.54) is 5.56 Å². The van der Waals surface area contributed by atoms with E-state index in [1.807, 2.05) is 35.9 Å². The second-order valence-electron chi connectivity index (χ2n) is 5.61. The summed E-state index contributed by atoms with van der Waals surface area (Å²) in [6.45, 7) is 4.18. The number of hydrogen-bond acceptors (Lipinski definition) is 3. The summed E-state index contributed by atoms with van der Waals surface area (Å²) < 4.78 is 7.42. The van der Waals surface area contributed by atoms with Crippen LogP contribution in [-0.4, -0.2) is 28.1 Å². The van der Waals surface area contributed by atoms with Gasteiger partial charge in [0, 0.05) is 31.4 Å². The minimum absolute atomic E-state index is 0.285. The highest BCUT2D eigenvalue weighted by Crippen LogP contribution is 2.44. The van der Waals surface area contributed by atoms with E-state index in [1.54, 1.807) is 6.20 Å². The Bertz CT molecular complexity index is 573. The third-order valence-corrected chi connectivity index (χ3v) is 4.59. The average molecular weight is 286 g/mol. The standard InChI is InChI=1S/C17H22N2O2/c1-2-19-15(8-11-18-19)16(20)17(9-12-21-13-10-17)14-6-4-3-5-7-14/h3-8,11,16,20H,2,9-10,12-13H2,1H3. The maximum Gasteiger partial charge on any atom is 0.105 e. The number of aliphatic hydroxyl groups is 1. The Morgan fingerprint density at radius 2 is 1.95 bits per heavy atom. The number of nitrogens with zero attached hydrogens (tertiary/aromatic N) is 2. The molecule has 1 aromatic heterocycles. The predicted octanol–water partition coefficient (Wildman–Crippen LogP) is 2.68. The SMILES string of the molecule is CCn1nccc1C(O)C1(c2ccccc2)CCOCC1. The lowest BCUT2D eigenvalue weighted by atomic mass is 9.69. The summed E-state index contributed by atoms with van der Waals surface area (Å²) in [4.78, 5) is 0. The molecule has 1 saturated heterocycles. The molecule has 0 saturated carbocycles. The molecule has 2 heterocycles. The first-order valence-electron chi connectivity index (χ1n) is 7.61. The van der Waals surface area contributed by atoms with E-state index in [2.05, 4.69) is 17.2 Å². The van der Waals surface area contributed by atoms with E-state index >= 15 is 0 Å². The summed E-state index contributed by atoms with van der Waals surface area (Å²) in [5.41, 5.74) is 1.79. The Morgan fingerprint density at radius 1 is 1.24 bits per heavy atom. The molecule has 112 valence electrons. The van der Waals surface area contributed by atoms with Gasteiger partial charge >= 0.3 is 0 Å². The van der Waals surface area contributed by atoms with Crippen molar-refractivity contribution in [3.63, 3.8) is 0 Å². The summed E-state index contributed by atoms with van der Waals surface area (Å²) in [6, 6.07) is 12.2. The number of rotatable bonds is 4. The molecule has 4 heteroatoms. The maximum absolute atomic E-state index is 11.1. The molecule has 21 heavy (non-hydrogen) atoms. The van der Waals surface area contributed by atoms with Gasteiger partial charge in [0.25, 0.3) is 0 Å². The number of aryl methyl sites for hydroxylation is 1. The van der Waals surface area contributed by atoms with Crippen LogP contribution in [0, 0.1) is 0 Å². The van der Waals surface area contributed by atoms with Crippen LogP contribution in [0.1, 0.15) is 37.1 Å². The lowest BCUT2D eigenvalue weighted by Gasteiger charge is -2.41. The van der Waals surface area contributed by atoms with Gasteiger partial charge in [-0.15, -0.1) is 0 Å². The Labute approximate surface area is 125 Å². The Hall–Kier alpha value is -1.65. The molecule has 2 aromatic rings. The topological polar surface area (TPSA) is 47.3 Å². The van der Waals surface area contributed by atoms with Gasteiger partial charge in [0.05, 0.1) is 5.69 Å². The summed E-state index contributed by atoms with van der Waals surface area (Å²) in [5, 5.41) is 15.4. The van der Waals surface area contributed by atoms with E-state index in [9.17, 15) is 5.11 Å². The highest BCUT2D eigenvalue weighted by molar-refractivity contribution is 5.30. The van der Waals surface area contributed by atoms with E-state index in [0.717, 1.165) is 25.1 Å². The summed E-state index contributed by atoms with van der Waals surface area (Å²) in [6.07, 6.45) is 2.85.